The molecule has 3 N–H and O–H groups in total. The molecule has 10 heteroatoms. The number of aromatic nitrogens is 4. The van der Waals surface area contributed by atoms with E-state index in [0.29, 0.717) is 40.1 Å². The number of amides is 1. The predicted octanol–water partition coefficient (Wildman–Crippen LogP) is 5.19. The molecule has 1 amide bonds. The number of hydrogen-bond donors (Lipinski definition) is 3. The first kappa shape index (κ1) is 25.5. The zero-order chi connectivity index (χ0) is 26.5. The number of nitrogens with one attached hydrogen (secondary N) is 3. The van der Waals surface area contributed by atoms with Crippen molar-refractivity contribution in [3.63, 3.8) is 0 Å². The molecule has 4 aromatic rings. The second kappa shape index (κ2) is 11.1. The number of nitrogens with zero attached hydrogens (tertiary/aromatic N) is 3. The van der Waals surface area contributed by atoms with Gasteiger partial charge in [0.05, 0.1) is 35.7 Å². The third-order valence-electron chi connectivity index (χ3n) is 6.19. The number of benzene rings is 2. The number of ether oxygens (including phenoxy) is 2. The van der Waals surface area contributed by atoms with Crippen LogP contribution in [0, 0.1) is 11.2 Å². The molecule has 1 aliphatic heterocycles. The Kier molecular flexibility index (Phi) is 7.43. The van der Waals surface area contributed by atoms with Crippen molar-refractivity contribution < 1.29 is 18.7 Å². The highest BCUT2D eigenvalue weighted by atomic mass is 19.1. The lowest BCUT2D eigenvalue weighted by molar-refractivity contribution is -0.229. The van der Waals surface area contributed by atoms with Gasteiger partial charge in [0.1, 0.15) is 5.82 Å². The quantitative estimate of drug-likeness (QED) is 0.295. The van der Waals surface area contributed by atoms with Gasteiger partial charge in [-0.2, -0.15) is 0 Å². The Balaban J connectivity index is 1.39. The minimum atomic E-state index is -0.881. The molecule has 1 saturated heterocycles. The number of anilines is 2. The highest BCUT2D eigenvalue weighted by Crippen LogP contribution is 2.36. The Labute approximate surface area is 219 Å². The fraction of sp³-hybridized carbons (Fsp3) is 0.286. The number of imidazole rings is 1. The first-order valence-corrected chi connectivity index (χ1v) is 12.5. The highest BCUT2D eigenvalue weighted by Gasteiger charge is 2.41. The maximum absolute atomic E-state index is 13.6. The van der Waals surface area contributed by atoms with Crippen molar-refractivity contribution in [2.24, 2.45) is 5.41 Å². The van der Waals surface area contributed by atoms with Crippen LogP contribution in [0.5, 0.6) is 0 Å². The largest absolute Gasteiger partial charge is 0.354 e. The van der Waals surface area contributed by atoms with Crippen LogP contribution in [0.4, 0.5) is 16.0 Å². The van der Waals surface area contributed by atoms with E-state index in [4.69, 9.17) is 14.5 Å². The summed E-state index contributed by atoms with van der Waals surface area (Å²) < 4.78 is 25.6. The van der Waals surface area contributed by atoms with Crippen molar-refractivity contribution >= 4 is 17.5 Å². The molecule has 9 nitrogen and oxygen atoms in total. The van der Waals surface area contributed by atoms with Gasteiger partial charge < -0.3 is 25.1 Å². The van der Waals surface area contributed by atoms with Crippen LogP contribution in [-0.2, 0) is 14.3 Å². The molecule has 3 heterocycles. The minimum Gasteiger partial charge on any atom is -0.354 e. The normalized spacial score (nSPS) is 19.2. The summed E-state index contributed by atoms with van der Waals surface area (Å²) in [7, 11) is 0. The van der Waals surface area contributed by atoms with E-state index < -0.39 is 11.7 Å². The van der Waals surface area contributed by atoms with Crippen LogP contribution < -0.4 is 10.6 Å². The van der Waals surface area contributed by atoms with Crippen molar-refractivity contribution in [3.05, 3.63) is 78.5 Å². The standard InChI is InChI=1S/C28H29FN6O3/c1-3-14-30-27-31-15-13-21(33-27)23-22(18-9-11-19(29)12-10-18)34-24(35-23)25-37-16-28(2,17-38-25)26(36)32-20-7-5-4-6-8-20/h4-13,15,25H,3,14,16-17H2,1-2H3,(H,32,36)(H,34,35)(H,30,31,33). The van der Waals surface area contributed by atoms with E-state index in [-0.39, 0.29) is 24.9 Å². The van der Waals surface area contributed by atoms with Crippen LogP contribution in [0.1, 0.15) is 32.4 Å². The van der Waals surface area contributed by atoms with Crippen molar-refractivity contribution in [1.82, 2.24) is 19.9 Å². The van der Waals surface area contributed by atoms with Crippen LogP contribution in [0.3, 0.4) is 0 Å². The number of carbonyl (C=O) groups is 1. The fourth-order valence-electron chi connectivity index (χ4n) is 4.03. The van der Waals surface area contributed by atoms with Crippen molar-refractivity contribution in [2.75, 3.05) is 30.4 Å². The van der Waals surface area contributed by atoms with Crippen LogP contribution >= 0.6 is 0 Å². The van der Waals surface area contributed by atoms with Crippen LogP contribution in [-0.4, -0.2) is 45.6 Å². The van der Waals surface area contributed by atoms with Crippen molar-refractivity contribution in [3.8, 4) is 22.6 Å². The summed E-state index contributed by atoms with van der Waals surface area (Å²) in [6.45, 7) is 4.87. The maximum Gasteiger partial charge on any atom is 0.234 e. The Morgan fingerprint density at radius 1 is 1.08 bits per heavy atom. The van der Waals surface area contributed by atoms with Gasteiger partial charge in [0.25, 0.3) is 0 Å². The van der Waals surface area contributed by atoms with Crippen LogP contribution in [0.2, 0.25) is 0 Å². The van der Waals surface area contributed by atoms with Gasteiger partial charge in [-0.1, -0.05) is 25.1 Å². The molecule has 2 aromatic carbocycles. The van der Waals surface area contributed by atoms with E-state index in [1.54, 1.807) is 31.3 Å². The minimum absolute atomic E-state index is 0.136. The monoisotopic (exact) mass is 516 g/mol. The van der Waals surface area contributed by atoms with Crippen LogP contribution in [0.25, 0.3) is 22.6 Å². The lowest BCUT2D eigenvalue weighted by Crippen LogP contribution is -2.45. The molecule has 0 radical (unpaired) electrons. The summed E-state index contributed by atoms with van der Waals surface area (Å²) in [5.41, 5.74) is 2.33. The van der Waals surface area contributed by atoms with Gasteiger partial charge in [-0.05, 0) is 55.8 Å². The van der Waals surface area contributed by atoms with Gasteiger partial charge in [-0.3, -0.25) is 4.79 Å². The van der Waals surface area contributed by atoms with E-state index in [1.165, 1.54) is 12.1 Å². The average molecular weight is 517 g/mol. The molecule has 0 saturated carbocycles. The number of rotatable bonds is 8. The number of carbonyl (C=O) groups excluding carboxylic acids is 1. The van der Waals surface area contributed by atoms with E-state index in [0.717, 1.165) is 13.0 Å². The zero-order valence-electron chi connectivity index (χ0n) is 21.2. The van der Waals surface area contributed by atoms with Gasteiger partial charge in [0, 0.05) is 24.0 Å². The second-order valence-corrected chi connectivity index (χ2v) is 9.38. The highest BCUT2D eigenvalue weighted by molar-refractivity contribution is 5.95. The zero-order valence-corrected chi connectivity index (χ0v) is 21.2. The van der Waals surface area contributed by atoms with E-state index in [2.05, 4.69) is 32.5 Å². The number of para-hydroxylation sites is 1. The van der Waals surface area contributed by atoms with Gasteiger partial charge >= 0.3 is 0 Å². The summed E-state index contributed by atoms with van der Waals surface area (Å²) in [5, 5.41) is 6.10. The molecule has 0 aliphatic carbocycles. The molecule has 0 spiro atoms. The molecule has 2 aromatic heterocycles. The lowest BCUT2D eigenvalue weighted by atomic mass is 9.91. The molecule has 5 rings (SSSR count). The molecule has 38 heavy (non-hydrogen) atoms. The molecule has 196 valence electrons. The molecule has 1 fully saturated rings. The topological polar surface area (TPSA) is 114 Å². The van der Waals surface area contributed by atoms with Gasteiger partial charge in [0.15, 0.2) is 5.82 Å². The van der Waals surface area contributed by atoms with Gasteiger partial charge in [0.2, 0.25) is 18.1 Å². The first-order valence-electron chi connectivity index (χ1n) is 12.5. The lowest BCUT2D eigenvalue weighted by Gasteiger charge is -2.35. The number of halogens is 1. The molecule has 0 unspecified atom stereocenters. The van der Waals surface area contributed by atoms with Crippen LogP contribution in [0.15, 0.2) is 66.9 Å². The number of hydrogen-bond acceptors (Lipinski definition) is 7. The Bertz CT molecular complexity index is 1390. The molecule has 1 aliphatic rings. The van der Waals surface area contributed by atoms with E-state index in [1.807, 2.05) is 30.3 Å². The second-order valence-electron chi connectivity index (χ2n) is 9.38. The summed E-state index contributed by atoms with van der Waals surface area (Å²) >= 11 is 0. The molecule has 0 atom stereocenters. The summed E-state index contributed by atoms with van der Waals surface area (Å²) in [6, 6.07) is 17.1. The Hall–Kier alpha value is -4.15. The van der Waals surface area contributed by atoms with E-state index >= 15 is 0 Å². The molecular formula is C28H29FN6O3. The summed E-state index contributed by atoms with van der Waals surface area (Å²) in [4.78, 5) is 29.9. The van der Waals surface area contributed by atoms with E-state index in [9.17, 15) is 9.18 Å². The fourth-order valence-corrected chi connectivity index (χ4v) is 4.03. The maximum atomic E-state index is 13.6. The molecule has 0 bridgehead atoms. The number of aromatic amines is 1. The van der Waals surface area contributed by atoms with Crippen molar-refractivity contribution in [2.45, 2.75) is 26.6 Å². The summed E-state index contributed by atoms with van der Waals surface area (Å²) in [6.07, 6.45) is 1.78. The first-order chi connectivity index (χ1) is 18.4. The summed E-state index contributed by atoms with van der Waals surface area (Å²) in [5.74, 6) is 0.385. The van der Waals surface area contributed by atoms with Gasteiger partial charge in [-0.25, -0.2) is 19.3 Å². The Morgan fingerprint density at radius 3 is 2.53 bits per heavy atom. The van der Waals surface area contributed by atoms with Crippen molar-refractivity contribution in [1.29, 1.82) is 0 Å². The van der Waals surface area contributed by atoms with Gasteiger partial charge in [-0.15, -0.1) is 0 Å². The third-order valence-corrected chi connectivity index (χ3v) is 6.19. The SMILES string of the molecule is CCCNc1nccc(-c2[nH]c(C3OCC(C)(C(=O)Nc4ccccc4)CO3)nc2-c2ccc(F)cc2)n1. The molecular weight excluding hydrogens is 487 g/mol. The smallest absolute Gasteiger partial charge is 0.234 e. The average Bonchev–Trinajstić information content (AvgIpc) is 3.39. The number of H-pyrrole nitrogens is 1. The third kappa shape index (κ3) is 5.56. The Morgan fingerprint density at radius 2 is 1.82 bits per heavy atom. The predicted molar refractivity (Wildman–Crippen MR) is 142 cm³/mol.